The largest absolute Gasteiger partial charge is 0.326 e. The molecule has 0 aromatic heterocycles. The first-order valence-corrected chi connectivity index (χ1v) is 6.21. The number of rotatable bonds is 2. The third-order valence-electron chi connectivity index (χ3n) is 3.15. The van der Waals surface area contributed by atoms with E-state index in [1.165, 1.54) is 0 Å². The number of fused-ring (bicyclic) bond motifs is 1. The van der Waals surface area contributed by atoms with Gasteiger partial charge in [-0.2, -0.15) is 0 Å². The summed E-state index contributed by atoms with van der Waals surface area (Å²) in [6, 6.07) is 5.75. The Morgan fingerprint density at radius 2 is 2.06 bits per heavy atom. The van der Waals surface area contributed by atoms with Crippen LogP contribution >= 0.6 is 0 Å². The second-order valence-corrected chi connectivity index (χ2v) is 4.91. The zero-order valence-corrected chi connectivity index (χ0v) is 11.0. The van der Waals surface area contributed by atoms with Gasteiger partial charge in [-0.05, 0) is 24.1 Å². The molecular weight excluding hydrogens is 228 g/mol. The van der Waals surface area contributed by atoms with Crippen LogP contribution in [0.15, 0.2) is 18.2 Å². The molecule has 0 saturated heterocycles. The second kappa shape index (κ2) is 4.80. The van der Waals surface area contributed by atoms with E-state index in [1.54, 1.807) is 11.8 Å². The summed E-state index contributed by atoms with van der Waals surface area (Å²) >= 11 is 0. The molecule has 0 atom stereocenters. The van der Waals surface area contributed by atoms with E-state index in [-0.39, 0.29) is 17.7 Å². The van der Waals surface area contributed by atoms with E-state index < -0.39 is 0 Å². The van der Waals surface area contributed by atoms with Crippen molar-refractivity contribution < 1.29 is 9.59 Å². The Balaban J connectivity index is 2.24. The van der Waals surface area contributed by atoms with E-state index in [1.807, 2.05) is 32.0 Å². The van der Waals surface area contributed by atoms with Crippen LogP contribution < -0.4 is 10.2 Å². The minimum Gasteiger partial charge on any atom is -0.326 e. The fourth-order valence-corrected chi connectivity index (χ4v) is 2.07. The molecule has 4 nitrogen and oxygen atoms in total. The maximum atomic E-state index is 11.6. The van der Waals surface area contributed by atoms with Gasteiger partial charge in [-0.1, -0.05) is 19.9 Å². The van der Waals surface area contributed by atoms with Crippen molar-refractivity contribution in [1.29, 1.82) is 0 Å². The first-order valence-electron chi connectivity index (χ1n) is 6.21. The molecule has 0 radical (unpaired) electrons. The van der Waals surface area contributed by atoms with Crippen molar-refractivity contribution in [3.63, 3.8) is 0 Å². The van der Waals surface area contributed by atoms with E-state index in [2.05, 4.69) is 5.32 Å². The standard InChI is InChI=1S/C14H18N2O2/c1-9(2)14(18)15-12-5-4-11-6-7-16(10(3)17)13(11)8-12/h4-5,8-9H,6-7H2,1-3H3,(H,15,18). The van der Waals surface area contributed by atoms with E-state index >= 15 is 0 Å². The molecule has 0 unspecified atom stereocenters. The summed E-state index contributed by atoms with van der Waals surface area (Å²) in [6.07, 6.45) is 0.882. The van der Waals surface area contributed by atoms with Crippen molar-refractivity contribution in [3.8, 4) is 0 Å². The van der Waals surface area contributed by atoms with Crippen LogP contribution in [0.4, 0.5) is 11.4 Å². The van der Waals surface area contributed by atoms with Crippen LogP contribution in [0.25, 0.3) is 0 Å². The van der Waals surface area contributed by atoms with Gasteiger partial charge < -0.3 is 10.2 Å². The molecule has 0 saturated carbocycles. The van der Waals surface area contributed by atoms with Crippen LogP contribution in [0, 0.1) is 5.92 Å². The molecule has 1 aromatic carbocycles. The van der Waals surface area contributed by atoms with Gasteiger partial charge in [0.25, 0.3) is 0 Å². The van der Waals surface area contributed by atoms with Crippen LogP contribution in [0.1, 0.15) is 26.3 Å². The summed E-state index contributed by atoms with van der Waals surface area (Å²) in [6.45, 7) is 6.00. The van der Waals surface area contributed by atoms with Gasteiger partial charge in [0.15, 0.2) is 0 Å². The van der Waals surface area contributed by atoms with Gasteiger partial charge in [-0.25, -0.2) is 0 Å². The van der Waals surface area contributed by atoms with E-state index in [0.29, 0.717) is 0 Å². The van der Waals surface area contributed by atoms with E-state index in [9.17, 15) is 9.59 Å². The molecule has 2 rings (SSSR count). The predicted octanol–water partition coefficient (Wildman–Crippen LogP) is 2.19. The fourth-order valence-electron chi connectivity index (χ4n) is 2.07. The van der Waals surface area contributed by atoms with Gasteiger partial charge in [-0.15, -0.1) is 0 Å². The van der Waals surface area contributed by atoms with Gasteiger partial charge in [-0.3, -0.25) is 9.59 Å². The monoisotopic (exact) mass is 246 g/mol. The highest BCUT2D eigenvalue weighted by Gasteiger charge is 2.22. The molecule has 1 aromatic rings. The number of hydrogen-bond acceptors (Lipinski definition) is 2. The normalized spacial score (nSPS) is 13.7. The highest BCUT2D eigenvalue weighted by molar-refractivity contribution is 5.96. The lowest BCUT2D eigenvalue weighted by Crippen LogP contribution is -2.26. The Hall–Kier alpha value is -1.84. The van der Waals surface area contributed by atoms with Crippen molar-refractivity contribution in [1.82, 2.24) is 0 Å². The molecule has 0 bridgehead atoms. The number of nitrogens with zero attached hydrogens (tertiary/aromatic N) is 1. The number of anilines is 2. The smallest absolute Gasteiger partial charge is 0.226 e. The van der Waals surface area contributed by atoms with Crippen LogP contribution in [-0.4, -0.2) is 18.4 Å². The number of benzene rings is 1. The highest BCUT2D eigenvalue weighted by atomic mass is 16.2. The molecule has 2 amide bonds. The van der Waals surface area contributed by atoms with Gasteiger partial charge in [0, 0.05) is 30.8 Å². The highest BCUT2D eigenvalue weighted by Crippen LogP contribution is 2.30. The van der Waals surface area contributed by atoms with Gasteiger partial charge in [0.05, 0.1) is 0 Å². The predicted molar refractivity (Wildman–Crippen MR) is 71.6 cm³/mol. The number of carbonyl (C=O) groups is 2. The van der Waals surface area contributed by atoms with Crippen LogP contribution in [0.2, 0.25) is 0 Å². The van der Waals surface area contributed by atoms with Crippen molar-refractivity contribution in [2.75, 3.05) is 16.8 Å². The van der Waals surface area contributed by atoms with E-state index in [4.69, 9.17) is 0 Å². The summed E-state index contributed by atoms with van der Waals surface area (Å²) in [5, 5.41) is 2.85. The van der Waals surface area contributed by atoms with Gasteiger partial charge >= 0.3 is 0 Å². The Morgan fingerprint density at radius 3 is 2.67 bits per heavy atom. The summed E-state index contributed by atoms with van der Waals surface area (Å²) in [7, 11) is 0. The molecule has 0 aliphatic carbocycles. The summed E-state index contributed by atoms with van der Waals surface area (Å²) in [4.78, 5) is 24.9. The molecule has 1 N–H and O–H groups in total. The molecule has 1 aliphatic rings. The number of hydrogen-bond donors (Lipinski definition) is 1. The minimum absolute atomic E-state index is 0.0117. The Bertz CT molecular complexity index is 495. The molecule has 0 fully saturated rings. The maximum absolute atomic E-state index is 11.6. The van der Waals surface area contributed by atoms with Crippen molar-refractivity contribution in [2.24, 2.45) is 5.92 Å². The zero-order valence-electron chi connectivity index (χ0n) is 11.0. The summed E-state index contributed by atoms with van der Waals surface area (Å²) in [5.74, 6) is -0.0226. The third-order valence-corrected chi connectivity index (χ3v) is 3.15. The van der Waals surface area contributed by atoms with Crippen LogP contribution in [-0.2, 0) is 16.0 Å². The average Bonchev–Trinajstić information content (AvgIpc) is 2.71. The van der Waals surface area contributed by atoms with E-state index in [0.717, 1.165) is 29.9 Å². The van der Waals surface area contributed by atoms with Crippen LogP contribution in [0.3, 0.4) is 0 Å². The minimum atomic E-state index is -0.0536. The quantitative estimate of drug-likeness (QED) is 0.869. The lowest BCUT2D eigenvalue weighted by Gasteiger charge is -2.16. The van der Waals surface area contributed by atoms with Crippen molar-refractivity contribution in [3.05, 3.63) is 23.8 Å². The van der Waals surface area contributed by atoms with Crippen molar-refractivity contribution >= 4 is 23.2 Å². The number of nitrogens with one attached hydrogen (secondary N) is 1. The topological polar surface area (TPSA) is 49.4 Å². The summed E-state index contributed by atoms with van der Waals surface area (Å²) in [5.41, 5.74) is 2.83. The first kappa shape index (κ1) is 12.6. The lowest BCUT2D eigenvalue weighted by atomic mass is 10.1. The number of amides is 2. The molecule has 18 heavy (non-hydrogen) atoms. The molecule has 4 heteroatoms. The van der Waals surface area contributed by atoms with Crippen LogP contribution in [0.5, 0.6) is 0 Å². The molecular formula is C14H18N2O2. The van der Waals surface area contributed by atoms with Gasteiger partial charge in [0.2, 0.25) is 11.8 Å². The lowest BCUT2D eigenvalue weighted by molar-refractivity contribution is -0.119. The second-order valence-electron chi connectivity index (χ2n) is 4.91. The first-order chi connectivity index (χ1) is 8.49. The Kier molecular flexibility index (Phi) is 3.36. The number of carbonyl (C=O) groups excluding carboxylic acids is 2. The van der Waals surface area contributed by atoms with Gasteiger partial charge in [0.1, 0.15) is 0 Å². The Labute approximate surface area is 107 Å². The Morgan fingerprint density at radius 1 is 1.33 bits per heavy atom. The third kappa shape index (κ3) is 2.37. The summed E-state index contributed by atoms with van der Waals surface area (Å²) < 4.78 is 0. The SMILES string of the molecule is CC(=O)N1CCc2ccc(NC(=O)C(C)C)cc21. The zero-order chi connectivity index (χ0) is 13.3. The fraction of sp³-hybridized carbons (Fsp3) is 0.429. The van der Waals surface area contributed by atoms with Crippen molar-refractivity contribution in [2.45, 2.75) is 27.2 Å². The molecule has 0 spiro atoms. The molecule has 96 valence electrons. The maximum Gasteiger partial charge on any atom is 0.226 e. The molecule has 1 aliphatic heterocycles. The molecule has 1 heterocycles. The average molecular weight is 246 g/mol.